The third kappa shape index (κ3) is 3.49. The Kier molecular flexibility index (Phi) is 4.52. The smallest absolute Gasteiger partial charge is 0.226 e. The lowest BCUT2D eigenvalue weighted by Crippen LogP contribution is -2.15. The molecule has 0 aliphatic rings. The highest BCUT2D eigenvalue weighted by atomic mass is 35.5. The fraction of sp³-hybridized carbons (Fsp3) is 0.400. The van der Waals surface area contributed by atoms with Gasteiger partial charge in [0, 0.05) is 13.3 Å². The zero-order valence-corrected chi connectivity index (χ0v) is 9.47. The number of ether oxygens (including phenoxy) is 1. The molecule has 0 aliphatic carbocycles. The molecule has 0 radical (unpaired) electrons. The highest BCUT2D eigenvalue weighted by Gasteiger charge is 2.08. The Hall–Kier alpha value is -1.13. The van der Waals surface area contributed by atoms with Gasteiger partial charge < -0.3 is 10.1 Å². The molecule has 0 saturated heterocycles. The second kappa shape index (κ2) is 5.68. The molecule has 82 valence electrons. The molecule has 4 nitrogen and oxygen atoms in total. The minimum atomic E-state index is -0.130. The zero-order chi connectivity index (χ0) is 11.3. The maximum Gasteiger partial charge on any atom is 0.226 e. The fourth-order valence-corrected chi connectivity index (χ4v) is 1.32. The van der Waals surface area contributed by atoms with Gasteiger partial charge in [0.15, 0.2) is 5.15 Å². The van der Waals surface area contributed by atoms with Crippen molar-refractivity contribution < 1.29 is 9.53 Å². The third-order valence-corrected chi connectivity index (χ3v) is 2.20. The van der Waals surface area contributed by atoms with E-state index in [1.165, 1.54) is 0 Å². The second-order valence-corrected chi connectivity index (χ2v) is 3.44. The molecule has 15 heavy (non-hydrogen) atoms. The number of halogens is 1. The normalized spacial score (nSPS) is 10.1. The number of rotatable bonds is 4. The van der Waals surface area contributed by atoms with Gasteiger partial charge in [-0.2, -0.15) is 0 Å². The highest BCUT2D eigenvalue weighted by molar-refractivity contribution is 6.32. The van der Waals surface area contributed by atoms with Crippen LogP contribution in [-0.4, -0.2) is 24.6 Å². The first-order chi connectivity index (χ1) is 7.15. The molecule has 0 atom stereocenters. The lowest BCUT2D eigenvalue weighted by Gasteiger charge is -2.08. The number of aryl methyl sites for hydroxylation is 1. The van der Waals surface area contributed by atoms with Gasteiger partial charge in [-0.3, -0.25) is 4.79 Å². The summed E-state index contributed by atoms with van der Waals surface area (Å²) in [6.07, 6.45) is 1.91. The average molecular weight is 229 g/mol. The monoisotopic (exact) mass is 228 g/mol. The Morgan fingerprint density at radius 1 is 1.67 bits per heavy atom. The van der Waals surface area contributed by atoms with E-state index >= 15 is 0 Å². The molecule has 0 unspecified atom stereocenters. The van der Waals surface area contributed by atoms with Crippen LogP contribution in [0.15, 0.2) is 12.3 Å². The van der Waals surface area contributed by atoms with Crippen molar-refractivity contribution in [2.24, 2.45) is 0 Å². The minimum Gasteiger partial charge on any atom is -0.384 e. The van der Waals surface area contributed by atoms with E-state index in [9.17, 15) is 4.79 Å². The predicted molar refractivity (Wildman–Crippen MR) is 59.1 cm³/mol. The molecule has 5 heteroatoms. The van der Waals surface area contributed by atoms with Crippen LogP contribution in [-0.2, 0) is 9.53 Å². The van der Waals surface area contributed by atoms with Crippen molar-refractivity contribution in [3.8, 4) is 0 Å². The number of nitrogens with zero attached hydrogens (tertiary/aromatic N) is 1. The van der Waals surface area contributed by atoms with Gasteiger partial charge >= 0.3 is 0 Å². The van der Waals surface area contributed by atoms with Crippen molar-refractivity contribution in [2.75, 3.05) is 19.0 Å². The van der Waals surface area contributed by atoms with E-state index in [1.807, 2.05) is 6.92 Å². The van der Waals surface area contributed by atoms with Crippen LogP contribution in [0.4, 0.5) is 5.69 Å². The number of anilines is 1. The van der Waals surface area contributed by atoms with Crippen LogP contribution in [0, 0.1) is 6.92 Å². The number of hydrogen-bond donors (Lipinski definition) is 1. The summed E-state index contributed by atoms with van der Waals surface area (Å²) in [5, 5.41) is 3.01. The summed E-state index contributed by atoms with van der Waals surface area (Å²) in [4.78, 5) is 15.3. The molecule has 1 N–H and O–H groups in total. The first-order valence-electron chi connectivity index (χ1n) is 4.55. The van der Waals surface area contributed by atoms with Gasteiger partial charge in [-0.15, -0.1) is 0 Å². The Balaban J connectivity index is 2.68. The van der Waals surface area contributed by atoms with Crippen molar-refractivity contribution in [3.63, 3.8) is 0 Å². The van der Waals surface area contributed by atoms with Crippen LogP contribution in [0.2, 0.25) is 5.15 Å². The van der Waals surface area contributed by atoms with Crippen LogP contribution in [0.3, 0.4) is 0 Å². The summed E-state index contributed by atoms with van der Waals surface area (Å²) in [6, 6.07) is 1.79. The van der Waals surface area contributed by atoms with Gasteiger partial charge in [0.05, 0.1) is 18.7 Å². The molecule has 0 aromatic carbocycles. The Bertz CT molecular complexity index is 335. The second-order valence-electron chi connectivity index (χ2n) is 3.08. The fourth-order valence-electron chi connectivity index (χ4n) is 1.07. The van der Waals surface area contributed by atoms with Gasteiger partial charge in [-0.25, -0.2) is 4.98 Å². The maximum atomic E-state index is 11.4. The third-order valence-electron chi connectivity index (χ3n) is 1.91. The highest BCUT2D eigenvalue weighted by Crippen LogP contribution is 2.22. The van der Waals surface area contributed by atoms with E-state index in [1.54, 1.807) is 19.4 Å². The molecule has 1 rings (SSSR count). The lowest BCUT2D eigenvalue weighted by molar-refractivity contribution is -0.117. The molecule has 0 spiro atoms. The van der Waals surface area contributed by atoms with Crippen LogP contribution in [0.1, 0.15) is 12.0 Å². The summed E-state index contributed by atoms with van der Waals surface area (Å²) in [7, 11) is 1.55. The Morgan fingerprint density at radius 2 is 2.40 bits per heavy atom. The topological polar surface area (TPSA) is 51.2 Å². The maximum absolute atomic E-state index is 11.4. The molecule has 0 fully saturated rings. The Morgan fingerprint density at radius 3 is 3.00 bits per heavy atom. The minimum absolute atomic E-state index is 0.130. The molecule has 0 aliphatic heterocycles. The van der Waals surface area contributed by atoms with Gasteiger partial charge in [-0.05, 0) is 18.6 Å². The largest absolute Gasteiger partial charge is 0.384 e. The molecule has 1 aromatic heterocycles. The van der Waals surface area contributed by atoms with E-state index in [0.29, 0.717) is 23.9 Å². The zero-order valence-electron chi connectivity index (χ0n) is 8.71. The molecule has 1 amide bonds. The summed E-state index contributed by atoms with van der Waals surface area (Å²) in [5.41, 5.74) is 1.46. The standard InChI is InChI=1S/C10H13ClN2O2/c1-7-3-5-12-10(11)9(7)13-8(14)4-6-15-2/h3,5H,4,6H2,1-2H3,(H,13,14). The molecular weight excluding hydrogens is 216 g/mol. The number of aromatic nitrogens is 1. The average Bonchev–Trinajstić information content (AvgIpc) is 2.21. The number of carbonyl (C=O) groups excluding carboxylic acids is 1. The van der Waals surface area contributed by atoms with Crippen LogP contribution in [0.5, 0.6) is 0 Å². The summed E-state index contributed by atoms with van der Waals surface area (Å²) >= 11 is 5.85. The number of carbonyl (C=O) groups is 1. The molecule has 1 heterocycles. The molecule has 0 bridgehead atoms. The van der Waals surface area contributed by atoms with E-state index < -0.39 is 0 Å². The molecular formula is C10H13ClN2O2. The van der Waals surface area contributed by atoms with E-state index in [0.717, 1.165) is 5.56 Å². The summed E-state index contributed by atoms with van der Waals surface area (Å²) in [6.45, 7) is 2.25. The van der Waals surface area contributed by atoms with Crippen LogP contribution < -0.4 is 5.32 Å². The number of amides is 1. The van der Waals surface area contributed by atoms with Gasteiger partial charge in [0.2, 0.25) is 5.91 Å². The Labute approximate surface area is 93.6 Å². The van der Waals surface area contributed by atoms with Crippen molar-refractivity contribution in [1.82, 2.24) is 4.98 Å². The SMILES string of the molecule is COCCC(=O)Nc1c(C)ccnc1Cl. The number of nitrogens with one attached hydrogen (secondary N) is 1. The first kappa shape index (κ1) is 11.9. The lowest BCUT2D eigenvalue weighted by atomic mass is 10.2. The summed E-state index contributed by atoms with van der Waals surface area (Å²) in [5.74, 6) is -0.130. The van der Waals surface area contributed by atoms with Gasteiger partial charge in [0.25, 0.3) is 0 Å². The van der Waals surface area contributed by atoms with Crippen molar-refractivity contribution >= 4 is 23.2 Å². The van der Waals surface area contributed by atoms with Crippen molar-refractivity contribution in [2.45, 2.75) is 13.3 Å². The van der Waals surface area contributed by atoms with Crippen molar-refractivity contribution in [3.05, 3.63) is 23.0 Å². The van der Waals surface area contributed by atoms with E-state index in [4.69, 9.17) is 16.3 Å². The number of hydrogen-bond acceptors (Lipinski definition) is 3. The summed E-state index contributed by atoms with van der Waals surface area (Å²) < 4.78 is 4.80. The number of pyridine rings is 1. The molecule has 0 saturated carbocycles. The predicted octanol–water partition coefficient (Wildman–Crippen LogP) is 2.02. The van der Waals surface area contributed by atoms with Crippen LogP contribution >= 0.6 is 11.6 Å². The molecule has 1 aromatic rings. The van der Waals surface area contributed by atoms with Crippen LogP contribution in [0.25, 0.3) is 0 Å². The van der Waals surface area contributed by atoms with Gasteiger partial charge in [0.1, 0.15) is 0 Å². The first-order valence-corrected chi connectivity index (χ1v) is 4.93. The number of methoxy groups -OCH3 is 1. The van der Waals surface area contributed by atoms with Crippen molar-refractivity contribution in [1.29, 1.82) is 0 Å². The quantitative estimate of drug-likeness (QED) is 0.803. The van der Waals surface area contributed by atoms with E-state index in [-0.39, 0.29) is 5.91 Å². The van der Waals surface area contributed by atoms with E-state index in [2.05, 4.69) is 10.3 Å². The van der Waals surface area contributed by atoms with Gasteiger partial charge in [-0.1, -0.05) is 11.6 Å².